The number of piperidine rings is 1. The van der Waals surface area contributed by atoms with Crippen molar-refractivity contribution < 1.29 is 4.79 Å². The predicted molar refractivity (Wildman–Crippen MR) is 108 cm³/mol. The van der Waals surface area contributed by atoms with Crippen LogP contribution in [-0.2, 0) is 11.8 Å². The topological polar surface area (TPSA) is 75.1 Å². The first kappa shape index (κ1) is 17.9. The van der Waals surface area contributed by atoms with Crippen molar-refractivity contribution in [3.8, 4) is 0 Å². The molecule has 2 N–H and O–H groups in total. The van der Waals surface area contributed by atoms with Gasteiger partial charge in [-0.2, -0.15) is 5.10 Å². The Morgan fingerprint density at radius 3 is 2.74 bits per heavy atom. The van der Waals surface area contributed by atoms with Gasteiger partial charge in [0.2, 0.25) is 5.91 Å². The van der Waals surface area contributed by atoms with E-state index in [1.165, 1.54) is 4.70 Å². The van der Waals surface area contributed by atoms with Crippen LogP contribution in [0.1, 0.15) is 24.4 Å². The highest BCUT2D eigenvalue weighted by Gasteiger charge is 2.26. The molecule has 1 amide bonds. The third kappa shape index (κ3) is 3.81. The van der Waals surface area contributed by atoms with E-state index in [0.29, 0.717) is 0 Å². The molecule has 3 aromatic rings. The number of benzene rings is 1. The van der Waals surface area contributed by atoms with Crippen molar-refractivity contribution in [1.29, 1.82) is 0 Å². The Labute approximate surface area is 162 Å². The number of hydrogen-bond acceptors (Lipinski definition) is 6. The second-order valence-corrected chi connectivity index (χ2v) is 7.91. The van der Waals surface area contributed by atoms with Crippen LogP contribution in [0.5, 0.6) is 0 Å². The van der Waals surface area contributed by atoms with Crippen molar-refractivity contribution in [3.05, 3.63) is 42.2 Å². The van der Waals surface area contributed by atoms with Crippen molar-refractivity contribution in [2.45, 2.75) is 24.9 Å². The van der Waals surface area contributed by atoms with Gasteiger partial charge < -0.3 is 15.5 Å². The molecule has 0 radical (unpaired) electrons. The van der Waals surface area contributed by atoms with Gasteiger partial charge in [-0.3, -0.25) is 9.48 Å². The van der Waals surface area contributed by atoms with E-state index in [1.54, 1.807) is 29.3 Å². The number of likely N-dealkylation sites (N-methyl/N-ethyl adjacent to an activating group) is 1. The second-order valence-electron chi connectivity index (χ2n) is 6.90. The van der Waals surface area contributed by atoms with E-state index in [0.717, 1.165) is 42.1 Å². The highest BCUT2D eigenvalue weighted by Crippen LogP contribution is 2.30. The summed E-state index contributed by atoms with van der Waals surface area (Å²) in [5, 5.41) is 11.5. The number of para-hydroxylation sites is 1. The number of anilines is 1. The van der Waals surface area contributed by atoms with E-state index in [-0.39, 0.29) is 18.0 Å². The summed E-state index contributed by atoms with van der Waals surface area (Å²) in [7, 11) is 3.65. The maximum Gasteiger partial charge on any atom is 0.242 e. The largest absolute Gasteiger partial charge is 0.352 e. The molecule has 2 aromatic heterocycles. The monoisotopic (exact) mass is 384 g/mol. The Kier molecular flexibility index (Phi) is 5.09. The van der Waals surface area contributed by atoms with E-state index in [1.807, 2.05) is 25.4 Å². The summed E-state index contributed by atoms with van der Waals surface area (Å²) >= 11 is 1.74. The first-order valence-corrected chi connectivity index (χ1v) is 10.0. The molecule has 0 bridgehead atoms. The number of nitrogens with one attached hydrogen (secondary N) is 2. The van der Waals surface area contributed by atoms with Crippen LogP contribution in [0.15, 0.2) is 36.7 Å². The Bertz CT molecular complexity index is 894. The van der Waals surface area contributed by atoms with E-state index in [2.05, 4.69) is 32.8 Å². The molecule has 27 heavy (non-hydrogen) atoms. The number of carbonyl (C=O) groups excluding carboxylic acids is 1. The standard InChI is InChI=1S/C19H24N6OS/c1-20-17(13-11-21-24(2)12-13)18(26)22-14-7-9-25(10-8-14)19-23-15-5-3-4-6-16(15)27-19/h3-6,11-12,14,17,20H,7-10H2,1-2H3,(H,22,26). The average molecular weight is 385 g/mol. The van der Waals surface area contributed by atoms with Crippen molar-refractivity contribution in [2.75, 3.05) is 25.0 Å². The minimum Gasteiger partial charge on any atom is -0.352 e. The first-order chi connectivity index (χ1) is 13.1. The molecule has 1 aliphatic heterocycles. The van der Waals surface area contributed by atoms with Crippen molar-refractivity contribution in [2.24, 2.45) is 7.05 Å². The molecule has 1 atom stereocenters. The van der Waals surface area contributed by atoms with Gasteiger partial charge >= 0.3 is 0 Å². The van der Waals surface area contributed by atoms with Gasteiger partial charge in [0.05, 0.1) is 16.4 Å². The molecule has 0 spiro atoms. The van der Waals surface area contributed by atoms with Gasteiger partial charge in [0.15, 0.2) is 5.13 Å². The average Bonchev–Trinajstić information content (AvgIpc) is 3.29. The highest BCUT2D eigenvalue weighted by atomic mass is 32.1. The Balaban J connectivity index is 1.35. The Morgan fingerprint density at radius 1 is 1.30 bits per heavy atom. The van der Waals surface area contributed by atoms with Crippen LogP contribution in [0.4, 0.5) is 5.13 Å². The molecule has 7 nitrogen and oxygen atoms in total. The lowest BCUT2D eigenvalue weighted by Crippen LogP contribution is -2.47. The van der Waals surface area contributed by atoms with Gasteiger partial charge in [-0.25, -0.2) is 4.98 Å². The van der Waals surface area contributed by atoms with Crippen molar-refractivity contribution >= 4 is 32.6 Å². The smallest absolute Gasteiger partial charge is 0.242 e. The molecule has 1 aliphatic rings. The van der Waals surface area contributed by atoms with Gasteiger partial charge in [0, 0.05) is 37.9 Å². The summed E-state index contributed by atoms with van der Waals surface area (Å²) in [5.74, 6) is 0.00365. The van der Waals surface area contributed by atoms with E-state index in [9.17, 15) is 4.79 Å². The molecule has 1 aromatic carbocycles. The quantitative estimate of drug-likeness (QED) is 0.704. The molecule has 0 aliphatic carbocycles. The fourth-order valence-corrected chi connectivity index (χ4v) is 4.55. The summed E-state index contributed by atoms with van der Waals surface area (Å²) in [6.45, 7) is 1.81. The molecule has 1 unspecified atom stereocenters. The fraction of sp³-hybridized carbons (Fsp3) is 0.421. The highest BCUT2D eigenvalue weighted by molar-refractivity contribution is 7.22. The molecule has 0 saturated carbocycles. The number of amides is 1. The van der Waals surface area contributed by atoms with Gasteiger partial charge in [-0.1, -0.05) is 23.5 Å². The van der Waals surface area contributed by atoms with Crippen molar-refractivity contribution in [3.63, 3.8) is 0 Å². The van der Waals surface area contributed by atoms with E-state index < -0.39 is 0 Å². The number of aryl methyl sites for hydroxylation is 1. The van der Waals surface area contributed by atoms with Gasteiger partial charge in [-0.15, -0.1) is 0 Å². The summed E-state index contributed by atoms with van der Waals surface area (Å²) in [6, 6.07) is 8.05. The van der Waals surface area contributed by atoms with Crippen molar-refractivity contribution in [1.82, 2.24) is 25.4 Å². The summed E-state index contributed by atoms with van der Waals surface area (Å²) in [6.07, 6.45) is 5.45. The zero-order valence-corrected chi connectivity index (χ0v) is 16.4. The number of fused-ring (bicyclic) bond motifs is 1. The zero-order valence-electron chi connectivity index (χ0n) is 15.6. The lowest BCUT2D eigenvalue weighted by Gasteiger charge is -2.32. The lowest BCUT2D eigenvalue weighted by molar-refractivity contribution is -0.124. The fourth-order valence-electron chi connectivity index (χ4n) is 3.53. The summed E-state index contributed by atoms with van der Waals surface area (Å²) < 4.78 is 2.93. The summed E-state index contributed by atoms with van der Waals surface area (Å²) in [5.41, 5.74) is 1.94. The molecule has 8 heteroatoms. The molecular weight excluding hydrogens is 360 g/mol. The van der Waals surface area contributed by atoms with E-state index >= 15 is 0 Å². The van der Waals surface area contributed by atoms with Crippen LogP contribution in [0.3, 0.4) is 0 Å². The number of carbonyl (C=O) groups is 1. The lowest BCUT2D eigenvalue weighted by atomic mass is 10.0. The van der Waals surface area contributed by atoms with Crippen LogP contribution in [0.25, 0.3) is 10.2 Å². The van der Waals surface area contributed by atoms with Crippen LogP contribution < -0.4 is 15.5 Å². The SMILES string of the molecule is CNC(C(=O)NC1CCN(c2nc3ccccc3s2)CC1)c1cnn(C)c1. The maximum atomic E-state index is 12.7. The predicted octanol–water partition coefficient (Wildman–Crippen LogP) is 2.08. The number of hydrogen-bond donors (Lipinski definition) is 2. The minimum absolute atomic E-state index is 0.00365. The third-order valence-electron chi connectivity index (χ3n) is 5.00. The van der Waals surface area contributed by atoms with Crippen LogP contribution in [0.2, 0.25) is 0 Å². The zero-order chi connectivity index (χ0) is 18.8. The molecule has 4 rings (SSSR count). The van der Waals surface area contributed by atoms with Gasteiger partial charge in [0.25, 0.3) is 0 Å². The number of rotatable bonds is 5. The third-order valence-corrected chi connectivity index (χ3v) is 6.10. The van der Waals surface area contributed by atoms with Crippen LogP contribution in [0, 0.1) is 0 Å². The Hall–Kier alpha value is -2.45. The van der Waals surface area contributed by atoms with Gasteiger partial charge in [0.1, 0.15) is 6.04 Å². The molecule has 1 fully saturated rings. The van der Waals surface area contributed by atoms with Gasteiger partial charge in [-0.05, 0) is 32.0 Å². The number of aromatic nitrogens is 3. The molecular formula is C19H24N6OS. The second kappa shape index (κ2) is 7.66. The molecule has 1 saturated heterocycles. The van der Waals surface area contributed by atoms with Crippen LogP contribution >= 0.6 is 11.3 Å². The maximum absolute atomic E-state index is 12.7. The number of thiazole rings is 1. The minimum atomic E-state index is -0.374. The first-order valence-electron chi connectivity index (χ1n) is 9.21. The molecule has 3 heterocycles. The normalized spacial score (nSPS) is 16.6. The van der Waals surface area contributed by atoms with E-state index in [4.69, 9.17) is 4.98 Å². The van der Waals surface area contributed by atoms with Crippen LogP contribution in [-0.4, -0.2) is 46.9 Å². The molecule has 142 valence electrons. The summed E-state index contributed by atoms with van der Waals surface area (Å²) in [4.78, 5) is 19.8. The Morgan fingerprint density at radius 2 is 2.07 bits per heavy atom. The number of nitrogens with zero attached hydrogens (tertiary/aromatic N) is 4.